The van der Waals surface area contributed by atoms with Crippen LogP contribution >= 0.6 is 0 Å². The summed E-state index contributed by atoms with van der Waals surface area (Å²) in [6.45, 7) is 2.13. The standard InChI is InChI=1S/C15H19N5O2/c1-9-3-2-4-10(5-9)13-12(14(17)22)7-19-15(20-13)18-6-11(16)8-21/h2-5,7,11,21H,6,8,16H2,1H3,(H2,17,22)(H,18,19,20). The predicted octanol–water partition coefficient (Wildman–Crippen LogP) is 0.282. The quantitative estimate of drug-likeness (QED) is 0.607. The molecular weight excluding hydrogens is 282 g/mol. The van der Waals surface area contributed by atoms with Crippen LogP contribution < -0.4 is 16.8 Å². The average Bonchev–Trinajstić information content (AvgIpc) is 2.52. The molecule has 0 aliphatic rings. The molecule has 1 amide bonds. The van der Waals surface area contributed by atoms with Gasteiger partial charge in [-0.15, -0.1) is 0 Å². The number of hydrogen-bond donors (Lipinski definition) is 4. The summed E-state index contributed by atoms with van der Waals surface area (Å²) in [4.78, 5) is 20.0. The molecule has 7 heteroatoms. The minimum absolute atomic E-state index is 0.142. The van der Waals surface area contributed by atoms with Crippen LogP contribution in [0.5, 0.6) is 0 Å². The van der Waals surface area contributed by atoms with E-state index < -0.39 is 11.9 Å². The molecular formula is C15H19N5O2. The second-order valence-electron chi connectivity index (χ2n) is 5.01. The number of carbonyl (C=O) groups excluding carboxylic acids is 1. The minimum atomic E-state index is -0.588. The Morgan fingerprint density at radius 2 is 2.23 bits per heavy atom. The van der Waals surface area contributed by atoms with Crippen molar-refractivity contribution >= 4 is 11.9 Å². The van der Waals surface area contributed by atoms with Crippen LogP contribution in [0.3, 0.4) is 0 Å². The number of anilines is 1. The fraction of sp³-hybridized carbons (Fsp3) is 0.267. The number of carbonyl (C=O) groups is 1. The Kier molecular flexibility index (Phi) is 5.03. The first-order chi connectivity index (χ1) is 10.5. The average molecular weight is 301 g/mol. The molecule has 116 valence electrons. The van der Waals surface area contributed by atoms with Gasteiger partial charge in [0.05, 0.1) is 17.9 Å². The van der Waals surface area contributed by atoms with Gasteiger partial charge in [0.15, 0.2) is 0 Å². The second kappa shape index (κ2) is 6.97. The van der Waals surface area contributed by atoms with Crippen LogP contribution in [0.4, 0.5) is 5.95 Å². The van der Waals surface area contributed by atoms with E-state index in [1.807, 2.05) is 31.2 Å². The maximum atomic E-state index is 11.6. The number of hydrogen-bond acceptors (Lipinski definition) is 6. The van der Waals surface area contributed by atoms with E-state index in [4.69, 9.17) is 16.6 Å². The molecule has 7 nitrogen and oxygen atoms in total. The van der Waals surface area contributed by atoms with Crippen molar-refractivity contribution in [3.05, 3.63) is 41.6 Å². The largest absolute Gasteiger partial charge is 0.395 e. The Balaban J connectivity index is 2.38. The lowest BCUT2D eigenvalue weighted by molar-refractivity contribution is 0.100. The molecule has 6 N–H and O–H groups in total. The lowest BCUT2D eigenvalue weighted by Gasteiger charge is -2.12. The molecule has 0 aliphatic heterocycles. The molecule has 0 saturated carbocycles. The van der Waals surface area contributed by atoms with Gasteiger partial charge in [-0.3, -0.25) is 4.79 Å². The number of rotatable bonds is 6. The smallest absolute Gasteiger partial charge is 0.252 e. The third kappa shape index (κ3) is 3.78. The molecule has 1 unspecified atom stereocenters. The Hall–Kier alpha value is -2.51. The number of nitrogens with zero attached hydrogens (tertiary/aromatic N) is 2. The van der Waals surface area contributed by atoms with E-state index in [9.17, 15) is 4.79 Å². The first kappa shape index (κ1) is 15.9. The Morgan fingerprint density at radius 3 is 2.86 bits per heavy atom. The summed E-state index contributed by atoms with van der Waals surface area (Å²) in [5, 5.41) is 11.9. The number of aromatic nitrogens is 2. The van der Waals surface area contributed by atoms with Crippen LogP contribution in [0.25, 0.3) is 11.3 Å². The molecule has 2 rings (SSSR count). The van der Waals surface area contributed by atoms with Crippen molar-refractivity contribution in [2.24, 2.45) is 11.5 Å². The summed E-state index contributed by atoms with van der Waals surface area (Å²) >= 11 is 0. The molecule has 1 aromatic heterocycles. The molecule has 2 aromatic rings. The number of nitrogens with two attached hydrogens (primary N) is 2. The van der Waals surface area contributed by atoms with E-state index in [-0.39, 0.29) is 12.2 Å². The van der Waals surface area contributed by atoms with Gasteiger partial charge in [0.25, 0.3) is 5.91 Å². The monoisotopic (exact) mass is 301 g/mol. The summed E-state index contributed by atoms with van der Waals surface area (Å²) in [5.74, 6) is -0.263. The molecule has 1 atom stereocenters. The van der Waals surface area contributed by atoms with E-state index in [1.54, 1.807) is 0 Å². The van der Waals surface area contributed by atoms with Crippen LogP contribution in [-0.2, 0) is 0 Å². The van der Waals surface area contributed by atoms with Crippen LogP contribution in [0.1, 0.15) is 15.9 Å². The van der Waals surface area contributed by atoms with Crippen molar-refractivity contribution in [2.45, 2.75) is 13.0 Å². The number of aryl methyl sites for hydroxylation is 1. The second-order valence-corrected chi connectivity index (χ2v) is 5.01. The molecule has 0 saturated heterocycles. The zero-order chi connectivity index (χ0) is 16.1. The van der Waals surface area contributed by atoms with Gasteiger partial charge in [0.1, 0.15) is 0 Å². The van der Waals surface area contributed by atoms with E-state index in [1.165, 1.54) is 6.20 Å². The first-order valence-electron chi connectivity index (χ1n) is 6.85. The highest BCUT2D eigenvalue weighted by Crippen LogP contribution is 2.23. The lowest BCUT2D eigenvalue weighted by Crippen LogP contribution is -2.33. The third-order valence-electron chi connectivity index (χ3n) is 3.10. The fourth-order valence-electron chi connectivity index (χ4n) is 1.95. The normalized spacial score (nSPS) is 12.0. The molecule has 0 fully saturated rings. The van der Waals surface area contributed by atoms with Crippen molar-refractivity contribution in [3.8, 4) is 11.3 Å². The van der Waals surface area contributed by atoms with Gasteiger partial charge in [-0.05, 0) is 13.0 Å². The molecule has 0 bridgehead atoms. The summed E-state index contributed by atoms with van der Waals surface area (Å²) < 4.78 is 0. The van der Waals surface area contributed by atoms with Crippen LogP contribution in [0, 0.1) is 6.92 Å². The topological polar surface area (TPSA) is 127 Å². The van der Waals surface area contributed by atoms with Crippen molar-refractivity contribution in [3.63, 3.8) is 0 Å². The molecule has 0 spiro atoms. The summed E-state index contributed by atoms with van der Waals surface area (Å²) in [6, 6.07) is 7.19. The van der Waals surface area contributed by atoms with Gasteiger partial charge < -0.3 is 21.9 Å². The zero-order valence-electron chi connectivity index (χ0n) is 12.3. The zero-order valence-corrected chi connectivity index (χ0v) is 12.3. The number of amides is 1. The van der Waals surface area contributed by atoms with Crippen LogP contribution in [0.15, 0.2) is 30.5 Å². The molecule has 0 radical (unpaired) electrons. The molecule has 1 aromatic carbocycles. The number of nitrogens with one attached hydrogen (secondary N) is 1. The maximum absolute atomic E-state index is 11.6. The number of aliphatic hydroxyl groups is 1. The van der Waals surface area contributed by atoms with Crippen LogP contribution in [-0.4, -0.2) is 40.2 Å². The maximum Gasteiger partial charge on any atom is 0.252 e. The molecule has 0 aliphatic carbocycles. The summed E-state index contributed by atoms with van der Waals surface area (Å²) in [5.41, 5.74) is 13.6. The van der Waals surface area contributed by atoms with E-state index in [0.717, 1.165) is 11.1 Å². The van der Waals surface area contributed by atoms with Gasteiger partial charge in [-0.25, -0.2) is 9.97 Å². The SMILES string of the molecule is Cc1cccc(-c2nc(NCC(N)CO)ncc2C(N)=O)c1. The Labute approximate surface area is 128 Å². The van der Waals surface area contributed by atoms with Gasteiger partial charge in [0.2, 0.25) is 5.95 Å². The Bertz CT molecular complexity index is 675. The summed E-state index contributed by atoms with van der Waals surface area (Å²) in [7, 11) is 0. The van der Waals surface area contributed by atoms with E-state index >= 15 is 0 Å². The minimum Gasteiger partial charge on any atom is -0.395 e. The van der Waals surface area contributed by atoms with Gasteiger partial charge in [-0.1, -0.05) is 23.8 Å². The van der Waals surface area contributed by atoms with Crippen molar-refractivity contribution in [1.82, 2.24) is 9.97 Å². The van der Waals surface area contributed by atoms with Crippen molar-refractivity contribution in [1.29, 1.82) is 0 Å². The molecule has 1 heterocycles. The van der Waals surface area contributed by atoms with Crippen molar-refractivity contribution < 1.29 is 9.90 Å². The van der Waals surface area contributed by atoms with Crippen LogP contribution in [0.2, 0.25) is 0 Å². The van der Waals surface area contributed by atoms with Gasteiger partial charge in [0, 0.05) is 24.3 Å². The third-order valence-corrected chi connectivity index (χ3v) is 3.10. The Morgan fingerprint density at radius 1 is 1.45 bits per heavy atom. The first-order valence-corrected chi connectivity index (χ1v) is 6.85. The number of primary amides is 1. The van der Waals surface area contributed by atoms with E-state index in [0.29, 0.717) is 18.2 Å². The molecule has 22 heavy (non-hydrogen) atoms. The highest BCUT2D eigenvalue weighted by atomic mass is 16.3. The predicted molar refractivity (Wildman–Crippen MR) is 84.3 cm³/mol. The highest BCUT2D eigenvalue weighted by molar-refractivity contribution is 5.98. The lowest BCUT2D eigenvalue weighted by atomic mass is 10.0. The summed E-state index contributed by atoms with van der Waals surface area (Å²) in [6.07, 6.45) is 1.39. The van der Waals surface area contributed by atoms with E-state index in [2.05, 4.69) is 15.3 Å². The van der Waals surface area contributed by atoms with Crippen molar-refractivity contribution in [2.75, 3.05) is 18.5 Å². The number of aliphatic hydroxyl groups excluding tert-OH is 1. The highest BCUT2D eigenvalue weighted by Gasteiger charge is 2.14. The fourth-order valence-corrected chi connectivity index (χ4v) is 1.95. The number of benzene rings is 1. The van der Waals surface area contributed by atoms with Gasteiger partial charge in [-0.2, -0.15) is 0 Å². The van der Waals surface area contributed by atoms with Gasteiger partial charge >= 0.3 is 0 Å².